The third-order valence-electron chi connectivity index (χ3n) is 5.74. The lowest BCUT2D eigenvalue weighted by Crippen LogP contribution is -2.56. The molecule has 1 aliphatic heterocycles. The van der Waals surface area contributed by atoms with Crippen LogP contribution in [0.2, 0.25) is 0 Å². The number of carbonyl (C=O) groups excluding carboxylic acids is 1. The molecule has 1 aliphatic rings. The minimum atomic E-state index is -5.71. The van der Waals surface area contributed by atoms with E-state index in [9.17, 15) is 49.1 Å². The molecule has 0 bridgehead atoms. The molecule has 2 atom stereocenters. The summed E-state index contributed by atoms with van der Waals surface area (Å²) < 4.78 is 123. The van der Waals surface area contributed by atoms with Crippen molar-refractivity contribution in [3.05, 3.63) is 41.6 Å². The van der Waals surface area contributed by atoms with Crippen molar-refractivity contribution >= 4 is 21.6 Å². The lowest BCUT2D eigenvalue weighted by Gasteiger charge is -2.40. The third kappa shape index (κ3) is 4.50. The van der Waals surface area contributed by atoms with E-state index in [1.54, 1.807) is 0 Å². The minimum Gasteiger partial charge on any atom is -0.368 e. The molecule has 2 heterocycles. The van der Waals surface area contributed by atoms with Crippen LogP contribution in [0.1, 0.15) is 18.2 Å². The Morgan fingerprint density at radius 1 is 1.17 bits per heavy atom. The molecule has 3 rings (SSSR count). The maximum Gasteiger partial charge on any atom is 0.432 e. The number of benzene rings is 1. The van der Waals surface area contributed by atoms with Gasteiger partial charge >= 0.3 is 12.4 Å². The van der Waals surface area contributed by atoms with E-state index < -0.39 is 74.3 Å². The van der Waals surface area contributed by atoms with Gasteiger partial charge < -0.3 is 20.3 Å². The molecular weight excluding hydrogens is 527 g/mol. The average Bonchev–Trinajstić information content (AvgIpc) is 3.13. The highest BCUT2D eigenvalue weighted by atomic mass is 32.2. The Kier molecular flexibility index (Phi) is 6.82. The summed E-state index contributed by atoms with van der Waals surface area (Å²) in [5.74, 6) is -3.42. The first-order valence-corrected chi connectivity index (χ1v) is 11.5. The van der Waals surface area contributed by atoms with E-state index in [4.69, 9.17) is 5.73 Å². The number of piperazine rings is 1. The normalized spacial score (nSPS) is 19.8. The van der Waals surface area contributed by atoms with E-state index in [-0.39, 0.29) is 13.1 Å². The van der Waals surface area contributed by atoms with Crippen molar-refractivity contribution in [1.82, 2.24) is 13.9 Å². The van der Waals surface area contributed by atoms with Crippen LogP contribution in [0.25, 0.3) is 0 Å². The van der Waals surface area contributed by atoms with Gasteiger partial charge in [0.15, 0.2) is 5.03 Å². The molecule has 2 aromatic rings. The SMILES string of the molecule is C[C@@H]1CN(c2ccc(F)cc2C(F)(F)F)CCN1S(=O)(=O)c1ncn(C)c1C(O)(C(N)=O)C(F)(F)F. The lowest BCUT2D eigenvalue weighted by atomic mass is 9.98. The number of nitrogens with two attached hydrogens (primary N) is 1. The molecule has 1 aromatic heterocycles. The zero-order valence-electron chi connectivity index (χ0n) is 18.6. The Morgan fingerprint density at radius 3 is 2.28 bits per heavy atom. The molecule has 0 saturated carbocycles. The largest absolute Gasteiger partial charge is 0.432 e. The van der Waals surface area contributed by atoms with Crippen molar-refractivity contribution in [1.29, 1.82) is 0 Å². The predicted molar refractivity (Wildman–Crippen MR) is 109 cm³/mol. The molecule has 1 unspecified atom stereocenters. The number of sulfonamides is 1. The van der Waals surface area contributed by atoms with Crippen molar-refractivity contribution in [2.45, 2.75) is 35.9 Å². The number of carbonyl (C=O) groups is 1. The third-order valence-corrected chi connectivity index (χ3v) is 7.68. The minimum absolute atomic E-state index is 0.297. The number of aryl methyl sites for hydroxylation is 1. The summed E-state index contributed by atoms with van der Waals surface area (Å²) in [6, 6.07) is 0.880. The van der Waals surface area contributed by atoms with Gasteiger partial charge in [-0.3, -0.25) is 4.79 Å². The van der Waals surface area contributed by atoms with Crippen LogP contribution in [0.3, 0.4) is 0 Å². The Morgan fingerprint density at radius 2 is 1.78 bits per heavy atom. The molecule has 0 spiro atoms. The van der Waals surface area contributed by atoms with Crippen LogP contribution in [-0.2, 0) is 33.6 Å². The van der Waals surface area contributed by atoms with Crippen LogP contribution in [0.4, 0.5) is 36.4 Å². The van der Waals surface area contributed by atoms with Gasteiger partial charge in [0.2, 0.25) is 0 Å². The quantitative estimate of drug-likeness (QED) is 0.550. The van der Waals surface area contributed by atoms with Crippen LogP contribution >= 0.6 is 0 Å². The van der Waals surface area contributed by atoms with Gasteiger partial charge in [-0.1, -0.05) is 0 Å². The highest BCUT2D eigenvalue weighted by Gasteiger charge is 2.64. The molecule has 1 aromatic carbocycles. The number of primary amides is 1. The summed E-state index contributed by atoms with van der Waals surface area (Å²) in [5.41, 5.74) is -2.74. The van der Waals surface area contributed by atoms with E-state index in [0.717, 1.165) is 24.1 Å². The smallest absolute Gasteiger partial charge is 0.368 e. The van der Waals surface area contributed by atoms with Gasteiger partial charge in [-0.2, -0.15) is 30.6 Å². The monoisotopic (exact) mass is 547 g/mol. The summed E-state index contributed by atoms with van der Waals surface area (Å²) in [4.78, 5) is 16.3. The lowest BCUT2D eigenvalue weighted by molar-refractivity contribution is -0.258. The van der Waals surface area contributed by atoms with E-state index in [1.165, 1.54) is 6.92 Å². The van der Waals surface area contributed by atoms with Crippen molar-refractivity contribution < 1.29 is 49.1 Å². The van der Waals surface area contributed by atoms with Gasteiger partial charge in [-0.25, -0.2) is 17.8 Å². The Labute approximate surface area is 200 Å². The van der Waals surface area contributed by atoms with Crippen LogP contribution < -0.4 is 10.6 Å². The summed E-state index contributed by atoms with van der Waals surface area (Å²) >= 11 is 0. The first-order valence-electron chi connectivity index (χ1n) is 10.1. The molecule has 1 saturated heterocycles. The molecule has 200 valence electrons. The number of aliphatic hydroxyl groups is 1. The molecule has 3 N–H and O–H groups in total. The number of hydrogen-bond donors (Lipinski definition) is 2. The number of halogens is 7. The van der Waals surface area contributed by atoms with Crippen LogP contribution in [0, 0.1) is 5.82 Å². The fraction of sp³-hybridized carbons (Fsp3) is 0.474. The van der Waals surface area contributed by atoms with E-state index in [2.05, 4.69) is 4.98 Å². The van der Waals surface area contributed by atoms with Crippen molar-refractivity contribution in [2.24, 2.45) is 12.8 Å². The Bertz CT molecular complexity index is 1280. The molecule has 1 fully saturated rings. The highest BCUT2D eigenvalue weighted by Crippen LogP contribution is 2.42. The Hall–Kier alpha value is -2.92. The number of imidazole rings is 1. The number of aromatic nitrogens is 2. The zero-order valence-corrected chi connectivity index (χ0v) is 19.4. The topological polar surface area (TPSA) is 122 Å². The van der Waals surface area contributed by atoms with E-state index >= 15 is 0 Å². The molecule has 1 amide bonds. The highest BCUT2D eigenvalue weighted by molar-refractivity contribution is 7.89. The van der Waals surface area contributed by atoms with Crippen molar-refractivity contribution in [3.63, 3.8) is 0 Å². The summed E-state index contributed by atoms with van der Waals surface area (Å²) in [6.07, 6.45) is -9.99. The first kappa shape index (κ1) is 27.7. The van der Waals surface area contributed by atoms with Crippen LogP contribution in [0.15, 0.2) is 29.6 Å². The first-order chi connectivity index (χ1) is 16.3. The van der Waals surface area contributed by atoms with Gasteiger partial charge in [0.05, 0.1) is 11.9 Å². The number of anilines is 1. The van der Waals surface area contributed by atoms with E-state index in [1.807, 2.05) is 0 Å². The molecule has 17 heteroatoms. The van der Waals surface area contributed by atoms with Gasteiger partial charge in [-0.15, -0.1) is 0 Å². The summed E-state index contributed by atoms with van der Waals surface area (Å²) in [7, 11) is -4.01. The second kappa shape index (κ2) is 8.88. The molecule has 9 nitrogen and oxygen atoms in total. The predicted octanol–water partition coefficient (Wildman–Crippen LogP) is 1.71. The number of nitrogens with zero attached hydrogens (tertiary/aromatic N) is 4. The number of rotatable bonds is 5. The molecule has 0 radical (unpaired) electrons. The van der Waals surface area contributed by atoms with Gasteiger partial charge in [0, 0.05) is 38.4 Å². The number of alkyl halides is 6. The van der Waals surface area contributed by atoms with Gasteiger partial charge in [0.1, 0.15) is 11.5 Å². The maximum atomic E-state index is 13.7. The van der Waals surface area contributed by atoms with E-state index in [0.29, 0.717) is 21.3 Å². The van der Waals surface area contributed by atoms with Crippen LogP contribution in [-0.4, -0.2) is 65.1 Å². The molecule has 36 heavy (non-hydrogen) atoms. The van der Waals surface area contributed by atoms with Crippen molar-refractivity contribution in [3.8, 4) is 0 Å². The number of hydrogen-bond acceptors (Lipinski definition) is 6. The second-order valence-corrected chi connectivity index (χ2v) is 9.96. The summed E-state index contributed by atoms with van der Waals surface area (Å²) in [5, 5.41) is 8.92. The second-order valence-electron chi connectivity index (χ2n) is 8.15. The van der Waals surface area contributed by atoms with Gasteiger partial charge in [-0.05, 0) is 25.1 Å². The standard InChI is InChI=1S/C19H20F7N5O4S/c1-10-8-30(13-4-3-11(20)7-12(13)18(21,22)23)5-6-31(10)36(34,35)15-14(29(2)9-28-15)17(33,16(27)32)19(24,25)26/h3-4,7,9-10,33H,5-6,8H2,1-2H3,(H2,27,32)/t10-,17?/m1/s1. The van der Waals surface area contributed by atoms with Gasteiger partial charge in [0.25, 0.3) is 21.5 Å². The Balaban J connectivity index is 2.01. The molecule has 0 aliphatic carbocycles. The van der Waals surface area contributed by atoms with Crippen molar-refractivity contribution in [2.75, 3.05) is 24.5 Å². The van der Waals surface area contributed by atoms with Crippen LogP contribution in [0.5, 0.6) is 0 Å². The average molecular weight is 547 g/mol. The zero-order chi connectivity index (χ0) is 27.4. The number of amides is 1. The summed E-state index contributed by atoms with van der Waals surface area (Å²) in [6.45, 7) is 0.0810. The fourth-order valence-corrected chi connectivity index (χ4v) is 5.84. The maximum absolute atomic E-state index is 13.7. The molecular formula is C19H20F7N5O4S. The fourth-order valence-electron chi connectivity index (χ4n) is 4.04.